The molecule has 0 bridgehead atoms. The molecule has 18 heteroatoms. The third-order valence-corrected chi connectivity index (χ3v) is 23.9. The van der Waals surface area contributed by atoms with Crippen LogP contribution in [0, 0.1) is 73.9 Å². The van der Waals surface area contributed by atoms with Gasteiger partial charge in [0.05, 0.1) is 22.3 Å². The fraction of sp³-hybridized carbons (Fsp3) is 0.781. The summed E-state index contributed by atoms with van der Waals surface area (Å²) in [4.78, 5) is 108. The largest absolute Gasteiger partial charge is 0.481 e. The number of carboxylic acids is 2. The van der Waals surface area contributed by atoms with Crippen molar-refractivity contribution in [2.45, 2.75) is 272 Å². The standard InChI is InChI=1S/C73H120N4O12S2/c1-26-71(24,25)66(86)87-32-33-91-73(30-5,31-6)65(85)77-60-56(63(83)88-57-45(67(12,13)14)34-43(11)35-46(57)68(15,16)17)54(42(9)10)50(75-60)38-49-53(41(7)8)55(59(74-49)76-64(84)72(27-2,28-3)29-4)62(82)89-58-47(69(18,19)20)36-44(37-48(58)70(21,22)23)40-90-51(61(80)81)39-52(78)79/h38,41-48,51,57-58,75H,26-37,39-40H2,1-25H3,(H,77,85)(H,78,79)(H,80,81)(H,74,76,84). The van der Waals surface area contributed by atoms with Crippen LogP contribution in [0.15, 0.2) is 21.8 Å². The first-order valence-corrected chi connectivity index (χ1v) is 36.1. The molecule has 1 aromatic rings. The van der Waals surface area contributed by atoms with Crippen LogP contribution in [-0.4, -0.2) is 103 Å². The second-order valence-electron chi connectivity index (χ2n) is 32.3. The monoisotopic (exact) mass is 1310 g/mol. The molecule has 2 aliphatic carbocycles. The first-order chi connectivity index (χ1) is 41.8. The van der Waals surface area contributed by atoms with Crippen molar-refractivity contribution >= 4 is 82.9 Å². The highest BCUT2D eigenvalue weighted by atomic mass is 32.2. The number of carboxylic acid groups (broad SMARTS) is 2. The summed E-state index contributed by atoms with van der Waals surface area (Å²) in [5.74, 6) is -4.20. The molecule has 16 nitrogen and oxygen atoms in total. The van der Waals surface area contributed by atoms with Crippen LogP contribution in [0.3, 0.4) is 0 Å². The summed E-state index contributed by atoms with van der Waals surface area (Å²) in [6.45, 7) is 51.7. The van der Waals surface area contributed by atoms with Crippen molar-refractivity contribution in [2.75, 3.05) is 23.4 Å². The van der Waals surface area contributed by atoms with Crippen molar-refractivity contribution in [1.82, 2.24) is 10.3 Å². The van der Waals surface area contributed by atoms with Crippen LogP contribution in [0.2, 0.25) is 0 Å². The lowest BCUT2D eigenvalue weighted by molar-refractivity contribution is -0.164. The Bertz CT molecular complexity index is 2790. The first-order valence-electron chi connectivity index (χ1n) is 34.1. The Morgan fingerprint density at radius 2 is 1.13 bits per heavy atom. The van der Waals surface area contributed by atoms with Crippen molar-refractivity contribution in [3.8, 4) is 0 Å². The van der Waals surface area contributed by atoms with Gasteiger partial charge in [-0.2, -0.15) is 0 Å². The van der Waals surface area contributed by atoms with Gasteiger partial charge in [0.2, 0.25) is 11.8 Å². The molecule has 0 aromatic carbocycles. The van der Waals surface area contributed by atoms with E-state index in [1.807, 2.05) is 89.2 Å². The number of aliphatic imine (C=N–C) groups is 1. The van der Waals surface area contributed by atoms with Gasteiger partial charge in [0, 0.05) is 40.5 Å². The molecule has 1 aromatic heterocycles. The van der Waals surface area contributed by atoms with Crippen molar-refractivity contribution in [3.05, 3.63) is 33.7 Å². The Hall–Kier alpha value is -4.58. The summed E-state index contributed by atoms with van der Waals surface area (Å²) >= 11 is 2.56. The lowest BCUT2D eigenvalue weighted by Gasteiger charge is -2.50. The molecule has 4 rings (SSSR count). The highest BCUT2D eigenvalue weighted by Crippen LogP contribution is 2.53. The van der Waals surface area contributed by atoms with E-state index in [9.17, 15) is 29.4 Å². The predicted molar refractivity (Wildman–Crippen MR) is 371 cm³/mol. The Kier molecular flexibility index (Phi) is 27.1. The van der Waals surface area contributed by atoms with E-state index < -0.39 is 74.2 Å². The van der Waals surface area contributed by atoms with E-state index in [4.69, 9.17) is 19.2 Å². The van der Waals surface area contributed by atoms with E-state index in [0.717, 1.165) is 24.6 Å². The Balaban J connectivity index is 2.07. The van der Waals surface area contributed by atoms with E-state index in [-0.39, 0.29) is 99.4 Å². The fourth-order valence-corrected chi connectivity index (χ4v) is 16.5. The van der Waals surface area contributed by atoms with Crippen molar-refractivity contribution in [2.24, 2.45) is 78.9 Å². The number of amidine groups is 1. The van der Waals surface area contributed by atoms with Gasteiger partial charge in [0.15, 0.2) is 0 Å². The van der Waals surface area contributed by atoms with Gasteiger partial charge in [-0.3, -0.25) is 24.0 Å². The van der Waals surface area contributed by atoms with Gasteiger partial charge in [-0.25, -0.2) is 14.6 Å². The zero-order valence-corrected chi connectivity index (χ0v) is 62.2. The summed E-state index contributed by atoms with van der Waals surface area (Å²) in [5.41, 5.74) is -0.467. The Morgan fingerprint density at radius 3 is 1.55 bits per heavy atom. The maximum Gasteiger partial charge on any atom is 0.342 e. The molecular weight excluding hydrogens is 1190 g/mol. The fourth-order valence-electron chi connectivity index (χ4n) is 14.1. The second-order valence-corrected chi connectivity index (χ2v) is 35.0. The summed E-state index contributed by atoms with van der Waals surface area (Å²) in [6, 6.07) is 0. The minimum atomic E-state index is -1.18. The van der Waals surface area contributed by atoms with Crippen molar-refractivity contribution < 1.29 is 58.0 Å². The molecule has 0 radical (unpaired) electrons. The van der Waals surface area contributed by atoms with E-state index in [0.29, 0.717) is 91.3 Å². The van der Waals surface area contributed by atoms with Gasteiger partial charge in [0.1, 0.15) is 46.9 Å². The molecule has 0 spiro atoms. The SMILES string of the molecule is CCC(C)(C)C(=O)OCCSC(CC)(CC)C(=O)Nc1[nH]c(C=C2N=C(NC(=O)C(CC)(CC)CC)C(C(=O)OC3C(C(C)(C)C)CC(CSC(CC(=O)O)C(=O)O)CC3C(C)(C)C)=C2C(C)C)c(C(C)C)c1C(=O)OC1C(C(C)(C)C)CC(C)CC1C(C)(C)C. The predicted octanol–water partition coefficient (Wildman–Crippen LogP) is 17.0. The molecule has 3 aliphatic rings. The van der Waals surface area contributed by atoms with Crippen LogP contribution in [0.1, 0.15) is 271 Å². The van der Waals surface area contributed by atoms with E-state index in [1.165, 1.54) is 11.8 Å². The molecule has 0 saturated heterocycles. The van der Waals surface area contributed by atoms with Gasteiger partial charge in [-0.15, -0.1) is 23.5 Å². The number of allylic oxidation sites excluding steroid dienone is 1. The number of nitrogens with one attached hydrogen (secondary N) is 3. The third-order valence-electron chi connectivity index (χ3n) is 20.8. The molecular formula is C73H120N4O12S2. The summed E-state index contributed by atoms with van der Waals surface area (Å²) in [5, 5.41) is 24.9. The molecule has 5 unspecified atom stereocenters. The Labute approximate surface area is 556 Å². The quantitative estimate of drug-likeness (QED) is 0.0313. The van der Waals surface area contributed by atoms with Gasteiger partial charge in [-0.1, -0.05) is 159 Å². The van der Waals surface area contributed by atoms with Crippen LogP contribution in [0.25, 0.3) is 6.08 Å². The number of thioether (sulfide) groups is 2. The second kappa shape index (κ2) is 31.3. The van der Waals surface area contributed by atoms with Crippen LogP contribution < -0.4 is 10.6 Å². The van der Waals surface area contributed by atoms with Crippen LogP contribution in [0.5, 0.6) is 0 Å². The lowest BCUT2D eigenvalue weighted by Crippen LogP contribution is -2.51. The first kappa shape index (κ1) is 78.9. The number of H-pyrrole nitrogens is 1. The van der Waals surface area contributed by atoms with Crippen LogP contribution in [0.4, 0.5) is 5.82 Å². The average molecular weight is 1310 g/mol. The van der Waals surface area contributed by atoms with Gasteiger partial charge < -0.3 is 40.0 Å². The maximum absolute atomic E-state index is 15.9. The number of aromatic amines is 1. The maximum atomic E-state index is 15.9. The number of aliphatic carboxylic acids is 2. The van der Waals surface area contributed by atoms with E-state index >= 15 is 14.4 Å². The van der Waals surface area contributed by atoms with E-state index in [2.05, 4.69) is 106 Å². The number of nitrogens with zero attached hydrogens (tertiary/aromatic N) is 1. The molecule has 5 N–H and O–H groups in total. The van der Waals surface area contributed by atoms with Crippen molar-refractivity contribution in [1.29, 1.82) is 0 Å². The number of esters is 3. The highest BCUT2D eigenvalue weighted by molar-refractivity contribution is 8.01. The zero-order chi connectivity index (χ0) is 69.5. The summed E-state index contributed by atoms with van der Waals surface area (Å²) in [7, 11) is 0. The topological polar surface area (TPSA) is 240 Å². The number of anilines is 1. The smallest absolute Gasteiger partial charge is 0.342 e. The minimum Gasteiger partial charge on any atom is -0.481 e. The number of hydrogen-bond donors (Lipinski definition) is 5. The molecule has 2 heterocycles. The summed E-state index contributed by atoms with van der Waals surface area (Å²) < 4.78 is 18.8. The third kappa shape index (κ3) is 19.1. The molecule has 5 atom stereocenters. The van der Waals surface area contributed by atoms with Gasteiger partial charge in [0.25, 0.3) is 0 Å². The number of aromatic nitrogens is 1. The normalized spacial score (nSPS) is 23.1. The van der Waals surface area contributed by atoms with Crippen molar-refractivity contribution in [3.63, 3.8) is 0 Å². The van der Waals surface area contributed by atoms with Gasteiger partial charge in [-0.05, 0) is 146 Å². The molecule has 1 aliphatic heterocycles. The number of carbonyl (C=O) groups excluding carboxylic acids is 5. The highest BCUT2D eigenvalue weighted by Gasteiger charge is 2.52. The number of amides is 2. The van der Waals surface area contributed by atoms with Crippen LogP contribution in [-0.2, 0) is 43.0 Å². The molecule has 2 saturated carbocycles. The van der Waals surface area contributed by atoms with Crippen LogP contribution >= 0.6 is 23.5 Å². The van der Waals surface area contributed by atoms with Gasteiger partial charge >= 0.3 is 29.8 Å². The zero-order valence-electron chi connectivity index (χ0n) is 60.6. The number of carbonyl (C=O) groups is 7. The number of hydrogen-bond acceptors (Lipinski definition) is 13. The molecule has 516 valence electrons. The number of rotatable bonds is 27. The molecule has 2 fully saturated rings. The molecule has 91 heavy (non-hydrogen) atoms. The summed E-state index contributed by atoms with van der Waals surface area (Å²) in [6.07, 6.45) is 6.24. The Morgan fingerprint density at radius 1 is 0.648 bits per heavy atom. The average Bonchev–Trinajstić information content (AvgIpc) is 1.77. The lowest BCUT2D eigenvalue weighted by atomic mass is 9.59. The number of ether oxygens (including phenoxy) is 3. The van der Waals surface area contributed by atoms with E-state index in [1.54, 1.807) is 0 Å². The minimum absolute atomic E-state index is 0.00927. The molecule has 2 amide bonds.